The predicted molar refractivity (Wildman–Crippen MR) is 84.4 cm³/mol. The summed E-state index contributed by atoms with van der Waals surface area (Å²) in [6.07, 6.45) is 13.4. The quantitative estimate of drug-likeness (QED) is 0.467. The van der Waals surface area contributed by atoms with Crippen molar-refractivity contribution in [3.05, 3.63) is 49.1 Å². The Morgan fingerprint density at radius 2 is 1.71 bits per heavy atom. The summed E-state index contributed by atoms with van der Waals surface area (Å²) in [5.74, 6) is 0.718. The van der Waals surface area contributed by atoms with Gasteiger partial charge in [-0.15, -0.1) is 13.2 Å². The number of hydrogen-bond donors (Lipinski definition) is 0. The maximum atomic E-state index is 3.00. The van der Waals surface area contributed by atoms with Gasteiger partial charge in [0.15, 0.2) is 0 Å². The maximum absolute atomic E-state index is 3.00. The van der Waals surface area contributed by atoms with Crippen molar-refractivity contribution in [2.24, 2.45) is 5.92 Å². The van der Waals surface area contributed by atoms with Crippen LogP contribution in [0.15, 0.2) is 49.1 Å². The van der Waals surface area contributed by atoms with E-state index in [0.29, 0.717) is 0 Å². The molecule has 0 N–H and O–H groups in total. The molecule has 1 aliphatic carbocycles. The van der Waals surface area contributed by atoms with Crippen molar-refractivity contribution in [3.63, 3.8) is 0 Å². The highest BCUT2D eigenvalue weighted by atomic mass is 13.9. The lowest BCUT2D eigenvalue weighted by atomic mass is 10.1. The van der Waals surface area contributed by atoms with Gasteiger partial charge in [-0.3, -0.25) is 0 Å². The molecular weight excluding hydrogens is 204 g/mol. The molecule has 0 bridgehead atoms. The Kier molecular flexibility index (Phi) is 25.5. The number of hydrogen-bond acceptors (Lipinski definition) is 0. The highest BCUT2D eigenvalue weighted by Crippen LogP contribution is 2.06. The van der Waals surface area contributed by atoms with Crippen LogP contribution in [0.5, 0.6) is 0 Å². The summed E-state index contributed by atoms with van der Waals surface area (Å²) in [7, 11) is 0. The second-order valence-electron chi connectivity index (χ2n) is 3.70. The largest absolute Gasteiger partial charge is 0.106 e. The summed E-state index contributed by atoms with van der Waals surface area (Å²) in [6.45, 7) is 18.5. The molecule has 0 heteroatoms. The van der Waals surface area contributed by atoms with E-state index in [0.717, 1.165) is 5.92 Å². The molecule has 1 rings (SSSR count). The van der Waals surface area contributed by atoms with Gasteiger partial charge in [-0.1, -0.05) is 63.6 Å². The van der Waals surface area contributed by atoms with Crippen LogP contribution < -0.4 is 0 Å². The Labute approximate surface area is 110 Å². The lowest BCUT2D eigenvalue weighted by Gasteiger charge is -1.96. The van der Waals surface area contributed by atoms with Gasteiger partial charge in [0.1, 0.15) is 0 Å². The van der Waals surface area contributed by atoms with Gasteiger partial charge in [0.2, 0.25) is 0 Å². The van der Waals surface area contributed by atoms with E-state index in [1.807, 2.05) is 20.8 Å². The van der Waals surface area contributed by atoms with Gasteiger partial charge in [0, 0.05) is 0 Å². The van der Waals surface area contributed by atoms with Crippen molar-refractivity contribution in [3.8, 4) is 0 Å². The zero-order valence-corrected chi connectivity index (χ0v) is 12.8. The first-order valence-electron chi connectivity index (χ1n) is 6.63. The fourth-order valence-corrected chi connectivity index (χ4v) is 1.13. The van der Waals surface area contributed by atoms with Crippen LogP contribution in [0.25, 0.3) is 0 Å². The Balaban J connectivity index is -0.000000180. The average molecular weight is 236 g/mol. The maximum Gasteiger partial charge on any atom is -0.0291 e. The van der Waals surface area contributed by atoms with E-state index in [1.54, 1.807) is 0 Å². The zero-order chi connectivity index (χ0) is 14.1. The molecule has 0 aliphatic heterocycles. The van der Waals surface area contributed by atoms with E-state index in [9.17, 15) is 0 Å². The van der Waals surface area contributed by atoms with Crippen molar-refractivity contribution in [2.45, 2.75) is 54.4 Å². The topological polar surface area (TPSA) is 0 Å². The van der Waals surface area contributed by atoms with Crippen molar-refractivity contribution in [1.82, 2.24) is 0 Å². The van der Waals surface area contributed by atoms with Crippen LogP contribution in [0.1, 0.15) is 54.4 Å². The van der Waals surface area contributed by atoms with Gasteiger partial charge in [-0.05, 0) is 32.6 Å². The molecule has 0 aromatic heterocycles. The summed E-state index contributed by atoms with van der Waals surface area (Å²) in [5, 5.41) is 0. The molecule has 0 heterocycles. The van der Waals surface area contributed by atoms with Crippen LogP contribution in [0.3, 0.4) is 0 Å². The Morgan fingerprint density at radius 1 is 1.18 bits per heavy atom. The molecule has 0 amide bonds. The summed E-state index contributed by atoms with van der Waals surface area (Å²) in [4.78, 5) is 0. The molecule has 0 radical (unpaired) electrons. The van der Waals surface area contributed by atoms with Crippen molar-refractivity contribution < 1.29 is 0 Å². The van der Waals surface area contributed by atoms with Crippen molar-refractivity contribution in [1.29, 1.82) is 0 Å². The van der Waals surface area contributed by atoms with Gasteiger partial charge in [-0.2, -0.15) is 0 Å². The third-order valence-electron chi connectivity index (χ3n) is 1.76. The monoisotopic (exact) mass is 236 g/mol. The normalized spacial score (nSPS) is 12.5. The van der Waals surface area contributed by atoms with E-state index in [2.05, 4.69) is 64.3 Å². The van der Waals surface area contributed by atoms with Crippen molar-refractivity contribution >= 4 is 0 Å². The minimum absolute atomic E-state index is 0.718. The zero-order valence-electron chi connectivity index (χ0n) is 12.8. The first-order chi connectivity index (χ1) is 8.16. The molecule has 0 aromatic rings. The van der Waals surface area contributed by atoms with Gasteiger partial charge in [0.05, 0.1) is 0 Å². The Bertz CT molecular complexity index is 204. The van der Waals surface area contributed by atoms with Crippen LogP contribution >= 0.6 is 0 Å². The molecule has 100 valence electrons. The van der Waals surface area contributed by atoms with E-state index >= 15 is 0 Å². The third-order valence-corrected chi connectivity index (χ3v) is 1.76. The lowest BCUT2D eigenvalue weighted by Crippen LogP contribution is -1.76. The highest BCUT2D eigenvalue weighted by molar-refractivity contribution is 5.19. The molecular formula is C17H32. The summed E-state index contributed by atoms with van der Waals surface area (Å²) in [5.41, 5.74) is 1.41. The average Bonchev–Trinajstić information content (AvgIpc) is 2.36. The van der Waals surface area contributed by atoms with Crippen LogP contribution in [0.4, 0.5) is 0 Å². The fourth-order valence-electron chi connectivity index (χ4n) is 1.13. The van der Waals surface area contributed by atoms with E-state index in [4.69, 9.17) is 0 Å². The SMILES string of the molecule is C/C=C\C(C)C.C=C.CC.CC1=CCCC=C1. The van der Waals surface area contributed by atoms with Crippen LogP contribution in [0, 0.1) is 5.92 Å². The molecule has 0 saturated heterocycles. The molecule has 0 spiro atoms. The third kappa shape index (κ3) is 25.3. The molecule has 0 aromatic carbocycles. The Morgan fingerprint density at radius 3 is 1.82 bits per heavy atom. The summed E-state index contributed by atoms with van der Waals surface area (Å²) >= 11 is 0. The molecule has 1 aliphatic rings. The van der Waals surface area contributed by atoms with Gasteiger partial charge >= 0.3 is 0 Å². The molecule has 0 nitrogen and oxygen atoms in total. The molecule has 0 unspecified atom stereocenters. The Hall–Kier alpha value is -1.04. The van der Waals surface area contributed by atoms with Gasteiger partial charge < -0.3 is 0 Å². The minimum Gasteiger partial charge on any atom is -0.106 e. The lowest BCUT2D eigenvalue weighted by molar-refractivity contribution is 0.830. The number of rotatable bonds is 1. The number of allylic oxidation sites excluding steroid dienone is 6. The van der Waals surface area contributed by atoms with E-state index in [-0.39, 0.29) is 0 Å². The predicted octanol–water partition coefficient (Wildman–Crippen LogP) is 6.33. The van der Waals surface area contributed by atoms with Gasteiger partial charge in [0.25, 0.3) is 0 Å². The smallest absolute Gasteiger partial charge is 0.0291 e. The van der Waals surface area contributed by atoms with Crippen LogP contribution in [-0.4, -0.2) is 0 Å². The fraction of sp³-hybridized carbons (Fsp3) is 0.529. The van der Waals surface area contributed by atoms with E-state index < -0.39 is 0 Å². The minimum atomic E-state index is 0.718. The molecule has 0 saturated carbocycles. The second kappa shape index (κ2) is 20.4. The summed E-state index contributed by atoms with van der Waals surface area (Å²) in [6, 6.07) is 0. The van der Waals surface area contributed by atoms with Gasteiger partial charge in [-0.25, -0.2) is 0 Å². The van der Waals surface area contributed by atoms with Crippen LogP contribution in [0.2, 0.25) is 0 Å². The molecule has 0 fully saturated rings. The van der Waals surface area contributed by atoms with Crippen LogP contribution in [-0.2, 0) is 0 Å². The van der Waals surface area contributed by atoms with Crippen molar-refractivity contribution in [2.75, 3.05) is 0 Å². The molecule has 0 atom stereocenters. The highest BCUT2D eigenvalue weighted by Gasteiger charge is 1.86. The summed E-state index contributed by atoms with van der Waals surface area (Å²) < 4.78 is 0. The standard InChI is InChI=1S/C7H10.C6H12.C2H6.C2H4/c1-7-5-3-2-4-6-7;1-4-5-6(2)3;2*1-2/h3,5-6H,2,4H2,1H3;4-6H,1-3H3;1-2H3;1-2H2/b;5-4-;;. The first-order valence-corrected chi connectivity index (χ1v) is 6.63. The second-order valence-corrected chi connectivity index (χ2v) is 3.70. The van der Waals surface area contributed by atoms with E-state index in [1.165, 1.54) is 18.4 Å². The first kappa shape index (κ1) is 21.3. The molecule has 17 heavy (non-hydrogen) atoms.